The molecule has 12 heteroatoms. The monoisotopic (exact) mass is 506 g/mol. The molecule has 194 valence electrons. The predicted molar refractivity (Wildman–Crippen MR) is 130 cm³/mol. The standard InChI is InChI=1S/C24H29F3N6O3/c1-17-2-6-19(7-3-17)21-31-22(29-11-13-35-15-14-34-12-10-28)33-23(32-21)30-16-18-4-8-20(9-5-18)36-24(25,26)27/h2-9H,10-16,28H2,1H3,(H2,29,30,31,32,33). The second kappa shape index (κ2) is 13.6. The van der Waals surface area contributed by atoms with Crippen LogP contribution >= 0.6 is 0 Å². The van der Waals surface area contributed by atoms with Crippen LogP contribution in [0.25, 0.3) is 11.4 Å². The van der Waals surface area contributed by atoms with E-state index in [0.717, 1.165) is 16.7 Å². The summed E-state index contributed by atoms with van der Waals surface area (Å²) in [6.07, 6.45) is -4.73. The molecule has 0 saturated carbocycles. The molecule has 0 spiro atoms. The molecule has 0 radical (unpaired) electrons. The molecule has 0 atom stereocenters. The first-order valence-corrected chi connectivity index (χ1v) is 11.3. The van der Waals surface area contributed by atoms with E-state index in [1.165, 1.54) is 24.3 Å². The molecule has 0 saturated heterocycles. The van der Waals surface area contributed by atoms with E-state index in [4.69, 9.17) is 15.2 Å². The van der Waals surface area contributed by atoms with Gasteiger partial charge in [-0.05, 0) is 24.6 Å². The molecule has 3 rings (SSSR count). The summed E-state index contributed by atoms with van der Waals surface area (Å²) < 4.78 is 51.8. The Labute approximate surface area is 207 Å². The van der Waals surface area contributed by atoms with E-state index < -0.39 is 6.36 Å². The van der Waals surface area contributed by atoms with Crippen molar-refractivity contribution in [3.05, 3.63) is 59.7 Å². The summed E-state index contributed by atoms with van der Waals surface area (Å²) in [5, 5.41) is 6.22. The molecule has 0 aliphatic heterocycles. The molecule has 4 N–H and O–H groups in total. The lowest BCUT2D eigenvalue weighted by Crippen LogP contribution is -2.17. The second-order valence-corrected chi connectivity index (χ2v) is 7.66. The SMILES string of the molecule is Cc1ccc(-c2nc(NCCOCCOCCN)nc(NCc3ccc(OC(F)(F)F)cc3)n2)cc1. The Morgan fingerprint density at radius 2 is 1.44 bits per heavy atom. The van der Waals surface area contributed by atoms with Gasteiger partial charge in [-0.3, -0.25) is 0 Å². The number of nitrogens with zero attached hydrogens (tertiary/aromatic N) is 3. The maximum Gasteiger partial charge on any atom is 0.573 e. The van der Waals surface area contributed by atoms with E-state index in [-0.39, 0.29) is 12.3 Å². The topological polar surface area (TPSA) is 116 Å². The van der Waals surface area contributed by atoms with Gasteiger partial charge < -0.3 is 30.6 Å². The summed E-state index contributed by atoms with van der Waals surface area (Å²) in [7, 11) is 0. The van der Waals surface area contributed by atoms with E-state index in [1.807, 2.05) is 31.2 Å². The van der Waals surface area contributed by atoms with Crippen LogP contribution in [0.4, 0.5) is 25.1 Å². The van der Waals surface area contributed by atoms with E-state index in [0.29, 0.717) is 57.2 Å². The minimum Gasteiger partial charge on any atom is -0.406 e. The molecule has 0 aliphatic carbocycles. The van der Waals surface area contributed by atoms with Crippen LogP contribution in [0, 0.1) is 6.92 Å². The second-order valence-electron chi connectivity index (χ2n) is 7.66. The van der Waals surface area contributed by atoms with Gasteiger partial charge in [0.05, 0.1) is 26.4 Å². The minimum absolute atomic E-state index is 0.285. The normalized spacial score (nSPS) is 11.4. The summed E-state index contributed by atoms with van der Waals surface area (Å²) in [5.74, 6) is 0.863. The van der Waals surface area contributed by atoms with Crippen LogP contribution in [0.3, 0.4) is 0 Å². The van der Waals surface area contributed by atoms with Gasteiger partial charge in [-0.15, -0.1) is 13.2 Å². The number of aromatic nitrogens is 3. The fraction of sp³-hybridized carbons (Fsp3) is 0.375. The van der Waals surface area contributed by atoms with Gasteiger partial charge in [-0.25, -0.2) is 0 Å². The van der Waals surface area contributed by atoms with Crippen molar-refractivity contribution in [2.75, 3.05) is 50.2 Å². The van der Waals surface area contributed by atoms with Crippen molar-refractivity contribution in [1.82, 2.24) is 15.0 Å². The largest absolute Gasteiger partial charge is 0.573 e. The zero-order chi connectivity index (χ0) is 25.8. The first-order valence-electron chi connectivity index (χ1n) is 11.3. The third-order valence-corrected chi connectivity index (χ3v) is 4.72. The Bertz CT molecular complexity index is 1070. The lowest BCUT2D eigenvalue weighted by atomic mass is 10.1. The molecular formula is C24H29F3N6O3. The molecule has 2 aromatic carbocycles. The molecular weight excluding hydrogens is 477 g/mol. The Hall–Kier alpha value is -3.48. The van der Waals surface area contributed by atoms with Crippen LogP contribution in [-0.4, -0.2) is 60.8 Å². The molecule has 0 bridgehead atoms. The van der Waals surface area contributed by atoms with Gasteiger partial charge in [-0.2, -0.15) is 15.0 Å². The highest BCUT2D eigenvalue weighted by molar-refractivity contribution is 5.58. The fourth-order valence-corrected chi connectivity index (χ4v) is 3.00. The molecule has 3 aromatic rings. The number of halogens is 3. The molecule has 0 amide bonds. The number of ether oxygens (including phenoxy) is 3. The zero-order valence-corrected chi connectivity index (χ0v) is 19.8. The summed E-state index contributed by atoms with van der Waals surface area (Å²) in [6.45, 7) is 5.05. The maximum atomic E-state index is 12.4. The van der Waals surface area contributed by atoms with E-state index in [2.05, 4.69) is 30.3 Å². The highest BCUT2D eigenvalue weighted by atomic mass is 19.4. The fourth-order valence-electron chi connectivity index (χ4n) is 3.00. The first-order chi connectivity index (χ1) is 17.3. The van der Waals surface area contributed by atoms with Crippen LogP contribution in [-0.2, 0) is 16.0 Å². The average molecular weight is 507 g/mol. The van der Waals surface area contributed by atoms with E-state index in [9.17, 15) is 13.2 Å². The Morgan fingerprint density at radius 3 is 2.08 bits per heavy atom. The molecule has 0 fully saturated rings. The number of rotatable bonds is 14. The molecule has 1 heterocycles. The molecule has 0 aliphatic rings. The van der Waals surface area contributed by atoms with Crippen LogP contribution < -0.4 is 21.1 Å². The van der Waals surface area contributed by atoms with E-state index >= 15 is 0 Å². The molecule has 9 nitrogen and oxygen atoms in total. The summed E-state index contributed by atoms with van der Waals surface area (Å²) in [5.41, 5.74) is 8.01. The third kappa shape index (κ3) is 9.64. The van der Waals surface area contributed by atoms with Crippen molar-refractivity contribution in [3.63, 3.8) is 0 Å². The number of nitrogens with one attached hydrogen (secondary N) is 2. The third-order valence-electron chi connectivity index (χ3n) is 4.72. The highest BCUT2D eigenvalue weighted by Crippen LogP contribution is 2.23. The highest BCUT2D eigenvalue weighted by Gasteiger charge is 2.30. The van der Waals surface area contributed by atoms with Crippen molar-refractivity contribution in [2.45, 2.75) is 19.8 Å². The van der Waals surface area contributed by atoms with Crippen LogP contribution in [0.15, 0.2) is 48.5 Å². The molecule has 36 heavy (non-hydrogen) atoms. The quantitative estimate of drug-likeness (QED) is 0.281. The number of hydrogen-bond donors (Lipinski definition) is 3. The summed E-state index contributed by atoms with van der Waals surface area (Å²) in [4.78, 5) is 13.4. The summed E-state index contributed by atoms with van der Waals surface area (Å²) in [6, 6.07) is 13.3. The number of anilines is 2. The van der Waals surface area contributed by atoms with Gasteiger partial charge in [0.15, 0.2) is 5.82 Å². The van der Waals surface area contributed by atoms with Crippen molar-refractivity contribution >= 4 is 11.9 Å². The van der Waals surface area contributed by atoms with Crippen molar-refractivity contribution in [1.29, 1.82) is 0 Å². The van der Waals surface area contributed by atoms with Gasteiger partial charge in [0.25, 0.3) is 0 Å². The number of benzene rings is 2. The van der Waals surface area contributed by atoms with Gasteiger partial charge >= 0.3 is 6.36 Å². The number of aryl methyl sites for hydroxylation is 1. The van der Waals surface area contributed by atoms with Crippen LogP contribution in [0.5, 0.6) is 5.75 Å². The number of alkyl halides is 3. The van der Waals surface area contributed by atoms with Gasteiger partial charge in [-0.1, -0.05) is 42.0 Å². The first kappa shape index (κ1) is 27.1. The molecule has 1 aromatic heterocycles. The molecule has 0 unspecified atom stereocenters. The van der Waals surface area contributed by atoms with Crippen molar-refractivity contribution in [2.24, 2.45) is 5.73 Å². The Morgan fingerprint density at radius 1 is 0.806 bits per heavy atom. The smallest absolute Gasteiger partial charge is 0.406 e. The zero-order valence-electron chi connectivity index (χ0n) is 19.8. The lowest BCUT2D eigenvalue weighted by Gasteiger charge is -2.12. The van der Waals surface area contributed by atoms with Crippen molar-refractivity contribution in [3.8, 4) is 17.1 Å². The van der Waals surface area contributed by atoms with E-state index in [1.54, 1.807) is 0 Å². The number of nitrogens with two attached hydrogens (primary N) is 1. The predicted octanol–water partition coefficient (Wildman–Crippen LogP) is 3.76. The van der Waals surface area contributed by atoms with Crippen LogP contribution in [0.2, 0.25) is 0 Å². The average Bonchev–Trinajstić information content (AvgIpc) is 2.85. The van der Waals surface area contributed by atoms with Crippen molar-refractivity contribution < 1.29 is 27.4 Å². The minimum atomic E-state index is -4.73. The lowest BCUT2D eigenvalue weighted by molar-refractivity contribution is -0.274. The number of hydrogen-bond acceptors (Lipinski definition) is 9. The summed E-state index contributed by atoms with van der Waals surface area (Å²) >= 11 is 0. The van der Waals surface area contributed by atoms with Gasteiger partial charge in [0.1, 0.15) is 5.75 Å². The maximum absolute atomic E-state index is 12.4. The van der Waals surface area contributed by atoms with Gasteiger partial charge in [0.2, 0.25) is 11.9 Å². The van der Waals surface area contributed by atoms with Gasteiger partial charge in [0, 0.05) is 25.2 Å². The Kier molecular flexibility index (Phi) is 10.2. The van der Waals surface area contributed by atoms with Crippen LogP contribution in [0.1, 0.15) is 11.1 Å². The Balaban J connectivity index is 1.63.